The van der Waals surface area contributed by atoms with E-state index in [0.717, 1.165) is 12.8 Å². The number of allylic oxidation sites excluding steroid dienone is 1. The summed E-state index contributed by atoms with van der Waals surface area (Å²) < 4.78 is 0.221. The van der Waals surface area contributed by atoms with Crippen molar-refractivity contribution < 1.29 is 5.11 Å². The number of rotatable bonds is 1. The predicted molar refractivity (Wildman–Crippen MR) is 65.8 cm³/mol. The van der Waals surface area contributed by atoms with Gasteiger partial charge in [0.1, 0.15) is 0 Å². The molecule has 1 aliphatic carbocycles. The Balaban J connectivity index is 2.24. The molecule has 1 aliphatic heterocycles. The van der Waals surface area contributed by atoms with E-state index in [1.54, 1.807) is 0 Å². The molecule has 1 N–H and O–H groups in total. The second-order valence-electron chi connectivity index (χ2n) is 3.74. The summed E-state index contributed by atoms with van der Waals surface area (Å²) in [5.74, 6) is 2.49. The largest absolute Gasteiger partial charge is 0.389 e. The molecular formula is C11H16OS2. The van der Waals surface area contributed by atoms with E-state index in [-0.39, 0.29) is 10.2 Å². The lowest BCUT2D eigenvalue weighted by atomic mass is 9.96. The maximum absolute atomic E-state index is 9.58. The molecule has 1 heterocycles. The lowest BCUT2D eigenvalue weighted by Gasteiger charge is -2.40. The van der Waals surface area contributed by atoms with E-state index in [0.29, 0.717) is 0 Å². The van der Waals surface area contributed by atoms with Gasteiger partial charge in [-0.2, -0.15) is 0 Å². The van der Waals surface area contributed by atoms with Crippen molar-refractivity contribution in [1.82, 2.24) is 0 Å². The van der Waals surface area contributed by atoms with E-state index in [9.17, 15) is 5.11 Å². The van der Waals surface area contributed by atoms with Crippen molar-refractivity contribution in [1.29, 1.82) is 0 Å². The molecule has 0 aromatic carbocycles. The van der Waals surface area contributed by atoms with Gasteiger partial charge >= 0.3 is 0 Å². The first-order chi connectivity index (χ1) is 6.77. The quantitative estimate of drug-likeness (QED) is 0.745. The molecule has 0 bridgehead atoms. The van der Waals surface area contributed by atoms with E-state index in [4.69, 9.17) is 0 Å². The molecule has 0 aromatic heterocycles. The first kappa shape index (κ1) is 10.7. The van der Waals surface area contributed by atoms with Gasteiger partial charge < -0.3 is 5.11 Å². The van der Waals surface area contributed by atoms with Gasteiger partial charge in [0.05, 0.1) is 10.2 Å². The zero-order valence-corrected chi connectivity index (χ0v) is 9.87. The van der Waals surface area contributed by atoms with Crippen LogP contribution in [-0.2, 0) is 0 Å². The number of thioether (sulfide) groups is 2. The van der Waals surface area contributed by atoms with Gasteiger partial charge in [-0.25, -0.2) is 0 Å². The summed E-state index contributed by atoms with van der Waals surface area (Å²) in [5, 5.41) is 9.58. The molecule has 0 aromatic rings. The van der Waals surface area contributed by atoms with Crippen molar-refractivity contribution in [3.05, 3.63) is 24.3 Å². The topological polar surface area (TPSA) is 20.2 Å². The molecule has 78 valence electrons. The second-order valence-corrected chi connectivity index (χ2v) is 6.78. The van der Waals surface area contributed by atoms with Crippen LogP contribution in [0.3, 0.4) is 0 Å². The van der Waals surface area contributed by atoms with Gasteiger partial charge in [-0.15, -0.1) is 23.5 Å². The van der Waals surface area contributed by atoms with Crippen LogP contribution >= 0.6 is 23.5 Å². The number of aliphatic hydroxyl groups is 1. The van der Waals surface area contributed by atoms with Crippen LogP contribution in [0, 0.1) is 0 Å². The Morgan fingerprint density at radius 1 is 1.50 bits per heavy atom. The van der Waals surface area contributed by atoms with Gasteiger partial charge in [0, 0.05) is 0 Å². The molecule has 0 radical (unpaired) electrons. The van der Waals surface area contributed by atoms with Gasteiger partial charge in [0.15, 0.2) is 0 Å². The Morgan fingerprint density at radius 2 is 2.21 bits per heavy atom. The smallest absolute Gasteiger partial charge is 0.0858 e. The average molecular weight is 228 g/mol. The molecule has 1 spiro atoms. The lowest BCUT2D eigenvalue weighted by Crippen LogP contribution is -2.32. The molecule has 2 aliphatic rings. The van der Waals surface area contributed by atoms with Crippen LogP contribution in [0.15, 0.2) is 24.3 Å². The fourth-order valence-electron chi connectivity index (χ4n) is 2.01. The van der Waals surface area contributed by atoms with Crippen LogP contribution in [0.25, 0.3) is 0 Å². The fourth-order valence-corrected chi connectivity index (χ4v) is 5.42. The Morgan fingerprint density at radius 3 is 2.86 bits per heavy atom. The standard InChI is InChI=1S/C11H16OS2/c1-2-9-8-10(12)4-5-11(9)13-6-3-7-14-11/h2,8,10,12H,1,3-7H2/t10-/m1/s1. The summed E-state index contributed by atoms with van der Waals surface area (Å²) in [6, 6.07) is 0. The molecule has 14 heavy (non-hydrogen) atoms. The van der Waals surface area contributed by atoms with E-state index in [1.807, 2.05) is 35.7 Å². The molecule has 0 unspecified atom stereocenters. The van der Waals surface area contributed by atoms with E-state index in [2.05, 4.69) is 6.58 Å². The van der Waals surface area contributed by atoms with Crippen molar-refractivity contribution in [3.63, 3.8) is 0 Å². The van der Waals surface area contributed by atoms with E-state index < -0.39 is 0 Å². The second kappa shape index (κ2) is 4.33. The van der Waals surface area contributed by atoms with Gasteiger partial charge in [-0.05, 0) is 36.3 Å². The van der Waals surface area contributed by atoms with Gasteiger partial charge in [0.2, 0.25) is 0 Å². The lowest BCUT2D eigenvalue weighted by molar-refractivity contribution is 0.202. The normalized spacial score (nSPS) is 31.2. The Bertz CT molecular complexity index is 254. The number of hydrogen-bond acceptors (Lipinski definition) is 3. The molecule has 1 atom stereocenters. The van der Waals surface area contributed by atoms with Crippen molar-refractivity contribution in [3.8, 4) is 0 Å². The van der Waals surface area contributed by atoms with Gasteiger partial charge in [-0.1, -0.05) is 18.7 Å². The molecule has 1 nitrogen and oxygen atoms in total. The summed E-state index contributed by atoms with van der Waals surface area (Å²) in [4.78, 5) is 0. The Labute approximate surface area is 94.0 Å². The maximum atomic E-state index is 9.58. The average Bonchev–Trinajstić information content (AvgIpc) is 2.23. The molecule has 2 rings (SSSR count). The van der Waals surface area contributed by atoms with Crippen LogP contribution in [0.5, 0.6) is 0 Å². The number of aliphatic hydroxyl groups excluding tert-OH is 1. The highest BCUT2D eigenvalue weighted by atomic mass is 32.2. The van der Waals surface area contributed by atoms with E-state index in [1.165, 1.54) is 23.5 Å². The van der Waals surface area contributed by atoms with Crippen LogP contribution in [-0.4, -0.2) is 26.8 Å². The third kappa shape index (κ3) is 1.90. The molecular weight excluding hydrogens is 212 g/mol. The predicted octanol–water partition coefficient (Wildman–Crippen LogP) is 2.82. The summed E-state index contributed by atoms with van der Waals surface area (Å²) in [6.07, 6.45) is 6.95. The van der Waals surface area contributed by atoms with Crippen molar-refractivity contribution in [2.75, 3.05) is 11.5 Å². The highest BCUT2D eigenvalue weighted by molar-refractivity contribution is 8.19. The van der Waals surface area contributed by atoms with Crippen LogP contribution in [0.4, 0.5) is 0 Å². The van der Waals surface area contributed by atoms with Gasteiger partial charge in [0.25, 0.3) is 0 Å². The summed E-state index contributed by atoms with van der Waals surface area (Å²) >= 11 is 4.07. The molecule has 1 saturated heterocycles. The van der Waals surface area contributed by atoms with Crippen LogP contribution in [0.2, 0.25) is 0 Å². The summed E-state index contributed by atoms with van der Waals surface area (Å²) in [6.45, 7) is 3.86. The summed E-state index contributed by atoms with van der Waals surface area (Å²) in [5.41, 5.74) is 1.24. The fraction of sp³-hybridized carbons (Fsp3) is 0.636. The zero-order chi connectivity index (χ0) is 10.0. The minimum atomic E-state index is -0.253. The first-order valence-electron chi connectivity index (χ1n) is 5.07. The maximum Gasteiger partial charge on any atom is 0.0858 e. The minimum absolute atomic E-state index is 0.221. The third-order valence-corrected chi connectivity index (χ3v) is 6.27. The molecule has 3 heteroatoms. The zero-order valence-electron chi connectivity index (χ0n) is 8.24. The van der Waals surface area contributed by atoms with Crippen molar-refractivity contribution in [2.45, 2.75) is 29.4 Å². The SMILES string of the molecule is C=CC1=C[C@H](O)CCC12SCCCS2. The molecule has 0 saturated carbocycles. The van der Waals surface area contributed by atoms with Crippen LogP contribution in [0.1, 0.15) is 19.3 Å². The summed E-state index contributed by atoms with van der Waals surface area (Å²) in [7, 11) is 0. The van der Waals surface area contributed by atoms with E-state index >= 15 is 0 Å². The minimum Gasteiger partial charge on any atom is -0.389 e. The van der Waals surface area contributed by atoms with Crippen molar-refractivity contribution in [2.24, 2.45) is 0 Å². The first-order valence-corrected chi connectivity index (χ1v) is 7.05. The monoisotopic (exact) mass is 228 g/mol. The Kier molecular flexibility index (Phi) is 3.30. The number of hydrogen-bond donors (Lipinski definition) is 1. The van der Waals surface area contributed by atoms with Crippen LogP contribution < -0.4 is 0 Å². The van der Waals surface area contributed by atoms with Gasteiger partial charge in [-0.3, -0.25) is 0 Å². The highest BCUT2D eigenvalue weighted by Crippen LogP contribution is 2.52. The van der Waals surface area contributed by atoms with Crippen molar-refractivity contribution >= 4 is 23.5 Å². The third-order valence-electron chi connectivity index (χ3n) is 2.76. The molecule has 1 fully saturated rings. The Hall–Kier alpha value is 0.140. The molecule has 0 amide bonds. The highest BCUT2D eigenvalue weighted by Gasteiger charge is 2.38.